The minimum absolute atomic E-state index is 0.0440. The van der Waals surface area contributed by atoms with Crippen molar-refractivity contribution >= 4 is 23.7 Å². The van der Waals surface area contributed by atoms with Crippen LogP contribution in [0.4, 0.5) is 4.79 Å². The Morgan fingerprint density at radius 3 is 2.52 bits per heavy atom. The molecule has 1 aromatic rings. The Kier molecular flexibility index (Phi) is 4.95. The van der Waals surface area contributed by atoms with Crippen LogP contribution < -0.4 is 20.5 Å². The molecule has 3 N–H and O–H groups in total. The van der Waals surface area contributed by atoms with Gasteiger partial charge >= 0.3 is 6.03 Å². The standard InChI is InChI=1S/C14H18N2O4S/c1-8(2)12(13(17)16-14(15)18)21-9-3-4-10-11(7-9)20-6-5-19-10/h3-4,7-8,12H,5-6H2,1-2H3,(H3,15,16,17,18)/t12-/m0/s1. The van der Waals surface area contributed by atoms with Crippen LogP contribution >= 0.6 is 11.8 Å². The molecule has 0 unspecified atom stereocenters. The van der Waals surface area contributed by atoms with E-state index in [1.165, 1.54) is 11.8 Å². The summed E-state index contributed by atoms with van der Waals surface area (Å²) in [5, 5.41) is 1.71. The highest BCUT2D eigenvalue weighted by Gasteiger charge is 2.25. The molecule has 0 aliphatic carbocycles. The monoisotopic (exact) mass is 310 g/mol. The number of hydrogen-bond acceptors (Lipinski definition) is 5. The fourth-order valence-electron chi connectivity index (χ4n) is 1.93. The smallest absolute Gasteiger partial charge is 0.318 e. The van der Waals surface area contributed by atoms with Crippen molar-refractivity contribution in [1.29, 1.82) is 0 Å². The van der Waals surface area contributed by atoms with Crippen LogP contribution in [0.3, 0.4) is 0 Å². The number of nitrogens with one attached hydrogen (secondary N) is 1. The summed E-state index contributed by atoms with van der Waals surface area (Å²) in [6.07, 6.45) is 0. The predicted molar refractivity (Wildman–Crippen MR) is 79.6 cm³/mol. The lowest BCUT2D eigenvalue weighted by Crippen LogP contribution is -2.42. The summed E-state index contributed by atoms with van der Waals surface area (Å²) >= 11 is 1.36. The van der Waals surface area contributed by atoms with E-state index >= 15 is 0 Å². The molecule has 0 spiro atoms. The largest absolute Gasteiger partial charge is 0.486 e. The molecule has 0 saturated heterocycles. The number of carbonyl (C=O) groups is 2. The van der Waals surface area contributed by atoms with Crippen LogP contribution in [-0.4, -0.2) is 30.4 Å². The third-order valence-corrected chi connectivity index (χ3v) is 4.43. The Bertz CT molecular complexity index is 548. The maximum atomic E-state index is 12.0. The summed E-state index contributed by atoms with van der Waals surface area (Å²) < 4.78 is 11.0. The first-order chi connectivity index (χ1) is 9.97. The van der Waals surface area contributed by atoms with Gasteiger partial charge < -0.3 is 15.2 Å². The molecule has 21 heavy (non-hydrogen) atoms. The van der Waals surface area contributed by atoms with Crippen molar-refractivity contribution in [2.24, 2.45) is 11.7 Å². The number of benzene rings is 1. The molecule has 1 aliphatic rings. The topological polar surface area (TPSA) is 90.7 Å². The molecule has 1 aromatic carbocycles. The van der Waals surface area contributed by atoms with Crippen LogP contribution in [0.2, 0.25) is 0 Å². The molecule has 0 fully saturated rings. The Morgan fingerprint density at radius 2 is 1.90 bits per heavy atom. The van der Waals surface area contributed by atoms with E-state index in [1.54, 1.807) is 0 Å². The minimum Gasteiger partial charge on any atom is -0.486 e. The molecule has 7 heteroatoms. The van der Waals surface area contributed by atoms with E-state index in [4.69, 9.17) is 15.2 Å². The average molecular weight is 310 g/mol. The Hall–Kier alpha value is -1.89. The van der Waals surface area contributed by atoms with Gasteiger partial charge in [-0.15, -0.1) is 11.8 Å². The summed E-state index contributed by atoms with van der Waals surface area (Å²) in [5.74, 6) is 1.03. The Morgan fingerprint density at radius 1 is 1.24 bits per heavy atom. The van der Waals surface area contributed by atoms with E-state index in [9.17, 15) is 9.59 Å². The van der Waals surface area contributed by atoms with Gasteiger partial charge in [0.25, 0.3) is 0 Å². The molecule has 1 atom stereocenters. The van der Waals surface area contributed by atoms with Crippen LogP contribution in [0.25, 0.3) is 0 Å². The number of primary amides is 1. The van der Waals surface area contributed by atoms with Crippen molar-refractivity contribution in [3.63, 3.8) is 0 Å². The van der Waals surface area contributed by atoms with E-state index in [1.807, 2.05) is 32.0 Å². The summed E-state index contributed by atoms with van der Waals surface area (Å²) in [7, 11) is 0. The number of nitrogens with two attached hydrogens (primary N) is 1. The zero-order valence-corrected chi connectivity index (χ0v) is 12.7. The highest BCUT2D eigenvalue weighted by atomic mass is 32.2. The van der Waals surface area contributed by atoms with Gasteiger partial charge in [-0.25, -0.2) is 4.79 Å². The summed E-state index contributed by atoms with van der Waals surface area (Å²) in [6.45, 7) is 4.87. The van der Waals surface area contributed by atoms with Crippen LogP contribution in [0.1, 0.15) is 13.8 Å². The second-order valence-corrected chi connectivity index (χ2v) is 6.16. The molecule has 3 amide bonds. The number of urea groups is 1. The SMILES string of the molecule is CC(C)[C@H](Sc1ccc2c(c1)OCCO2)C(=O)NC(N)=O. The lowest BCUT2D eigenvalue weighted by atomic mass is 10.1. The molecule has 0 aromatic heterocycles. The first-order valence-corrected chi connectivity index (χ1v) is 7.52. The van der Waals surface area contributed by atoms with E-state index in [-0.39, 0.29) is 5.92 Å². The molecule has 2 rings (SSSR count). The second-order valence-electron chi connectivity index (χ2n) is 4.94. The zero-order valence-electron chi connectivity index (χ0n) is 11.9. The van der Waals surface area contributed by atoms with E-state index in [0.717, 1.165) is 4.90 Å². The number of thioether (sulfide) groups is 1. The highest BCUT2D eigenvalue weighted by molar-refractivity contribution is 8.00. The second kappa shape index (κ2) is 6.71. The summed E-state index contributed by atoms with van der Waals surface area (Å²) in [6, 6.07) is 4.69. The third-order valence-electron chi connectivity index (χ3n) is 2.89. The van der Waals surface area contributed by atoms with Gasteiger partial charge in [-0.3, -0.25) is 10.1 Å². The van der Waals surface area contributed by atoms with Crippen molar-refractivity contribution in [3.8, 4) is 11.5 Å². The first kappa shape index (κ1) is 15.5. The van der Waals surface area contributed by atoms with Gasteiger partial charge in [-0.1, -0.05) is 13.8 Å². The number of imide groups is 1. The Balaban J connectivity index is 2.13. The lowest BCUT2D eigenvalue weighted by Gasteiger charge is -2.21. The fraction of sp³-hybridized carbons (Fsp3) is 0.429. The molecular weight excluding hydrogens is 292 g/mol. The molecule has 0 saturated carbocycles. The van der Waals surface area contributed by atoms with Gasteiger partial charge in [0.15, 0.2) is 11.5 Å². The fourth-order valence-corrected chi connectivity index (χ4v) is 2.98. The van der Waals surface area contributed by atoms with Gasteiger partial charge in [-0.05, 0) is 24.1 Å². The summed E-state index contributed by atoms with van der Waals surface area (Å²) in [4.78, 5) is 23.7. The number of rotatable bonds is 4. The maximum Gasteiger partial charge on any atom is 0.318 e. The average Bonchev–Trinajstić information content (AvgIpc) is 2.43. The van der Waals surface area contributed by atoms with Gasteiger partial charge in [0.05, 0.1) is 5.25 Å². The van der Waals surface area contributed by atoms with Crippen molar-refractivity contribution in [3.05, 3.63) is 18.2 Å². The van der Waals surface area contributed by atoms with Gasteiger partial charge in [0.2, 0.25) is 5.91 Å². The molecule has 0 bridgehead atoms. The molecule has 0 radical (unpaired) electrons. The first-order valence-electron chi connectivity index (χ1n) is 6.64. The molecule has 1 aliphatic heterocycles. The van der Waals surface area contributed by atoms with Crippen molar-refractivity contribution in [2.45, 2.75) is 24.0 Å². The van der Waals surface area contributed by atoms with Gasteiger partial charge in [0.1, 0.15) is 13.2 Å². The van der Waals surface area contributed by atoms with Crippen LogP contribution in [0.5, 0.6) is 11.5 Å². The Labute approximate surface area is 127 Å². The summed E-state index contributed by atoms with van der Waals surface area (Å²) in [5.41, 5.74) is 5.00. The minimum atomic E-state index is -0.839. The zero-order chi connectivity index (χ0) is 15.4. The van der Waals surface area contributed by atoms with Gasteiger partial charge in [0, 0.05) is 4.90 Å². The molecule has 114 valence electrons. The third kappa shape index (κ3) is 4.04. The van der Waals surface area contributed by atoms with Crippen LogP contribution in [0, 0.1) is 5.92 Å². The van der Waals surface area contributed by atoms with Crippen molar-refractivity contribution < 1.29 is 19.1 Å². The van der Waals surface area contributed by atoms with Crippen LogP contribution in [-0.2, 0) is 4.79 Å². The highest BCUT2D eigenvalue weighted by Crippen LogP contribution is 2.36. The number of hydrogen-bond donors (Lipinski definition) is 2. The van der Waals surface area contributed by atoms with E-state index in [0.29, 0.717) is 24.7 Å². The van der Waals surface area contributed by atoms with E-state index < -0.39 is 17.2 Å². The molecular formula is C14H18N2O4S. The number of fused-ring (bicyclic) bond motifs is 1. The van der Waals surface area contributed by atoms with E-state index in [2.05, 4.69) is 5.32 Å². The van der Waals surface area contributed by atoms with Crippen LogP contribution in [0.15, 0.2) is 23.1 Å². The van der Waals surface area contributed by atoms with Crippen molar-refractivity contribution in [2.75, 3.05) is 13.2 Å². The predicted octanol–water partition coefficient (Wildman–Crippen LogP) is 1.77. The van der Waals surface area contributed by atoms with Gasteiger partial charge in [-0.2, -0.15) is 0 Å². The maximum absolute atomic E-state index is 12.0. The lowest BCUT2D eigenvalue weighted by molar-refractivity contribution is -0.120. The molecule has 1 heterocycles. The number of amides is 3. The normalized spacial score (nSPS) is 14.6. The number of ether oxygens (including phenoxy) is 2. The quantitative estimate of drug-likeness (QED) is 0.827. The van der Waals surface area contributed by atoms with Crippen molar-refractivity contribution in [1.82, 2.24) is 5.32 Å². The molecule has 6 nitrogen and oxygen atoms in total. The number of carbonyl (C=O) groups excluding carboxylic acids is 2.